The van der Waals surface area contributed by atoms with Crippen LogP contribution in [0, 0.1) is 6.92 Å². The van der Waals surface area contributed by atoms with Crippen LogP contribution in [0.5, 0.6) is 17.2 Å². The molecule has 0 aliphatic carbocycles. The molecule has 1 N–H and O–H groups in total. The molecule has 7 heteroatoms. The Hall–Kier alpha value is -4.91. The van der Waals surface area contributed by atoms with Crippen LogP contribution in [0.2, 0.25) is 0 Å². The molecule has 1 atom stereocenters. The van der Waals surface area contributed by atoms with Crippen molar-refractivity contribution in [1.82, 2.24) is 9.88 Å². The molecule has 190 valence electrons. The second kappa shape index (κ2) is 10.6. The monoisotopic (exact) mass is 506 g/mol. The number of rotatable bonds is 7. The molecule has 7 nitrogen and oxygen atoms in total. The fourth-order valence-corrected chi connectivity index (χ4v) is 4.58. The molecular formula is C31H26N2O5. The van der Waals surface area contributed by atoms with E-state index in [4.69, 9.17) is 9.47 Å². The number of aryl methyl sites for hydroxylation is 1. The van der Waals surface area contributed by atoms with Crippen molar-refractivity contribution in [1.29, 1.82) is 0 Å². The third-order valence-electron chi connectivity index (χ3n) is 6.36. The van der Waals surface area contributed by atoms with Crippen molar-refractivity contribution in [3.05, 3.63) is 125 Å². The van der Waals surface area contributed by atoms with Gasteiger partial charge in [0, 0.05) is 6.20 Å². The van der Waals surface area contributed by atoms with Crippen LogP contribution in [0.1, 0.15) is 28.4 Å². The summed E-state index contributed by atoms with van der Waals surface area (Å²) >= 11 is 0. The number of hydrogen-bond donors (Lipinski definition) is 1. The Morgan fingerprint density at radius 1 is 0.921 bits per heavy atom. The maximum absolute atomic E-state index is 13.5. The predicted molar refractivity (Wildman–Crippen MR) is 143 cm³/mol. The number of ether oxygens (including phenoxy) is 2. The molecule has 0 spiro atoms. The largest absolute Gasteiger partial charge is 0.507 e. The van der Waals surface area contributed by atoms with Gasteiger partial charge in [-0.15, -0.1) is 0 Å². The Labute approximate surface area is 220 Å². The van der Waals surface area contributed by atoms with Crippen LogP contribution in [-0.2, 0) is 16.1 Å². The zero-order valence-corrected chi connectivity index (χ0v) is 21.0. The van der Waals surface area contributed by atoms with Gasteiger partial charge in [-0.05, 0) is 61.0 Å². The molecule has 4 aromatic rings. The summed E-state index contributed by atoms with van der Waals surface area (Å²) < 4.78 is 11.5. The Morgan fingerprint density at radius 3 is 2.42 bits per heavy atom. The minimum absolute atomic E-state index is 0.0216. The molecule has 1 fully saturated rings. The van der Waals surface area contributed by atoms with Gasteiger partial charge >= 0.3 is 0 Å². The van der Waals surface area contributed by atoms with Gasteiger partial charge in [-0.3, -0.25) is 14.6 Å². The van der Waals surface area contributed by atoms with Gasteiger partial charge in [-0.1, -0.05) is 48.0 Å². The van der Waals surface area contributed by atoms with Crippen molar-refractivity contribution in [2.24, 2.45) is 0 Å². The van der Waals surface area contributed by atoms with Crippen LogP contribution in [0.4, 0.5) is 0 Å². The molecule has 1 aliphatic rings. The lowest BCUT2D eigenvalue weighted by Crippen LogP contribution is -2.29. The summed E-state index contributed by atoms with van der Waals surface area (Å²) in [5.41, 5.74) is 2.41. The van der Waals surface area contributed by atoms with Crippen LogP contribution in [0.3, 0.4) is 0 Å². The summed E-state index contributed by atoms with van der Waals surface area (Å²) in [5.74, 6) is -0.220. The van der Waals surface area contributed by atoms with E-state index in [-0.39, 0.29) is 17.9 Å². The number of benzene rings is 3. The number of carbonyl (C=O) groups is 2. The van der Waals surface area contributed by atoms with Crippen LogP contribution < -0.4 is 9.47 Å². The highest BCUT2D eigenvalue weighted by Gasteiger charge is 2.46. The van der Waals surface area contributed by atoms with Gasteiger partial charge < -0.3 is 19.5 Å². The van der Waals surface area contributed by atoms with E-state index < -0.39 is 17.7 Å². The summed E-state index contributed by atoms with van der Waals surface area (Å²) in [6, 6.07) is 26.3. The van der Waals surface area contributed by atoms with Crippen LogP contribution in [0.15, 0.2) is 103 Å². The number of Topliss-reactive ketones (excluding diaryl/α,β-unsaturated/α-hetero) is 1. The highest BCUT2D eigenvalue weighted by atomic mass is 16.5. The van der Waals surface area contributed by atoms with Crippen LogP contribution >= 0.6 is 0 Å². The SMILES string of the molecule is COc1ccc(C)cc1/C(O)=C1\C(=O)C(=O)N(Cc2ccccn2)C1c1cccc(Oc2ccccc2)c1. The Bertz CT molecular complexity index is 1520. The number of ketones is 1. The number of hydrogen-bond acceptors (Lipinski definition) is 6. The molecule has 0 radical (unpaired) electrons. The summed E-state index contributed by atoms with van der Waals surface area (Å²) in [4.78, 5) is 32.6. The number of amides is 1. The van der Waals surface area contributed by atoms with Gasteiger partial charge in [0.05, 0.1) is 36.5 Å². The van der Waals surface area contributed by atoms with E-state index in [0.717, 1.165) is 5.56 Å². The third-order valence-corrected chi connectivity index (χ3v) is 6.36. The number of aliphatic hydroxyl groups excluding tert-OH is 1. The molecule has 5 rings (SSSR count). The van der Waals surface area contributed by atoms with Gasteiger partial charge in [-0.2, -0.15) is 0 Å². The second-order valence-corrected chi connectivity index (χ2v) is 8.94. The first kappa shape index (κ1) is 24.8. The second-order valence-electron chi connectivity index (χ2n) is 8.94. The zero-order chi connectivity index (χ0) is 26.6. The van der Waals surface area contributed by atoms with E-state index >= 15 is 0 Å². The summed E-state index contributed by atoms with van der Waals surface area (Å²) in [6.07, 6.45) is 1.63. The molecule has 0 saturated carbocycles. The van der Waals surface area contributed by atoms with Gasteiger partial charge in [0.15, 0.2) is 0 Å². The van der Waals surface area contributed by atoms with E-state index in [0.29, 0.717) is 34.1 Å². The molecule has 38 heavy (non-hydrogen) atoms. The average Bonchev–Trinajstić information content (AvgIpc) is 3.19. The van der Waals surface area contributed by atoms with Crippen LogP contribution in [0.25, 0.3) is 5.76 Å². The number of aromatic nitrogens is 1. The number of nitrogens with zero attached hydrogens (tertiary/aromatic N) is 2. The fourth-order valence-electron chi connectivity index (χ4n) is 4.58. The summed E-state index contributed by atoms with van der Waals surface area (Å²) in [7, 11) is 1.49. The smallest absolute Gasteiger partial charge is 0.296 e. The fraction of sp³-hybridized carbons (Fsp3) is 0.129. The average molecular weight is 507 g/mol. The van der Waals surface area contributed by atoms with E-state index in [2.05, 4.69) is 4.98 Å². The van der Waals surface area contributed by atoms with Crippen molar-refractivity contribution in [3.63, 3.8) is 0 Å². The number of aliphatic hydroxyl groups is 1. The number of carbonyl (C=O) groups excluding carboxylic acids is 2. The quantitative estimate of drug-likeness (QED) is 0.193. The van der Waals surface area contributed by atoms with Crippen molar-refractivity contribution in [3.8, 4) is 17.2 Å². The molecule has 3 aromatic carbocycles. The Kier molecular flexibility index (Phi) is 6.91. The van der Waals surface area contributed by atoms with E-state index in [9.17, 15) is 14.7 Å². The van der Waals surface area contributed by atoms with Gasteiger partial charge in [0.2, 0.25) is 0 Å². The highest BCUT2D eigenvalue weighted by Crippen LogP contribution is 2.42. The first-order chi connectivity index (χ1) is 18.5. The molecular weight excluding hydrogens is 480 g/mol. The first-order valence-corrected chi connectivity index (χ1v) is 12.1. The lowest BCUT2D eigenvalue weighted by atomic mass is 9.94. The highest BCUT2D eigenvalue weighted by molar-refractivity contribution is 6.46. The van der Waals surface area contributed by atoms with Crippen LogP contribution in [-0.4, -0.2) is 33.8 Å². The van der Waals surface area contributed by atoms with E-state index in [1.54, 1.807) is 54.7 Å². The minimum atomic E-state index is -0.874. The minimum Gasteiger partial charge on any atom is -0.507 e. The number of likely N-dealkylation sites (tertiary alicyclic amines) is 1. The topological polar surface area (TPSA) is 89.0 Å². The number of para-hydroxylation sites is 1. The van der Waals surface area contributed by atoms with Crippen molar-refractivity contribution in [2.75, 3.05) is 7.11 Å². The maximum atomic E-state index is 13.5. The van der Waals surface area contributed by atoms with Gasteiger partial charge in [-0.25, -0.2) is 0 Å². The van der Waals surface area contributed by atoms with Crippen molar-refractivity contribution >= 4 is 17.4 Å². The Morgan fingerprint density at radius 2 is 1.68 bits per heavy atom. The summed E-state index contributed by atoms with van der Waals surface area (Å²) in [6.45, 7) is 1.96. The molecule has 1 amide bonds. The van der Waals surface area contributed by atoms with Crippen molar-refractivity contribution < 1.29 is 24.2 Å². The molecule has 0 bridgehead atoms. The number of pyridine rings is 1. The lowest BCUT2D eigenvalue weighted by molar-refractivity contribution is -0.140. The third kappa shape index (κ3) is 4.86. The maximum Gasteiger partial charge on any atom is 0.296 e. The lowest BCUT2D eigenvalue weighted by Gasteiger charge is -2.25. The molecule has 1 saturated heterocycles. The molecule has 1 unspecified atom stereocenters. The number of methoxy groups -OCH3 is 1. The standard InChI is InChI=1S/C31H26N2O5/c1-20-14-15-26(37-2)25(17-20)29(34)27-28(33(31(36)30(27)35)19-22-10-6-7-16-32-22)21-9-8-13-24(18-21)38-23-11-4-3-5-12-23/h3-18,28,34H,19H2,1-2H3/b29-27+. The van der Waals surface area contributed by atoms with E-state index in [1.807, 2.05) is 49.4 Å². The Balaban J connectivity index is 1.65. The van der Waals surface area contributed by atoms with E-state index in [1.165, 1.54) is 12.0 Å². The van der Waals surface area contributed by atoms with Gasteiger partial charge in [0.1, 0.15) is 23.0 Å². The van der Waals surface area contributed by atoms with Gasteiger partial charge in [0.25, 0.3) is 11.7 Å². The molecule has 2 heterocycles. The molecule has 1 aliphatic heterocycles. The zero-order valence-electron chi connectivity index (χ0n) is 21.0. The van der Waals surface area contributed by atoms with Crippen molar-refractivity contribution in [2.45, 2.75) is 19.5 Å². The predicted octanol–water partition coefficient (Wildman–Crippen LogP) is 5.81. The summed E-state index contributed by atoms with van der Waals surface area (Å²) in [5, 5.41) is 11.5. The normalized spacial score (nSPS) is 16.5. The molecule has 1 aromatic heterocycles. The first-order valence-electron chi connectivity index (χ1n) is 12.1.